The summed E-state index contributed by atoms with van der Waals surface area (Å²) >= 11 is 0. The van der Waals surface area contributed by atoms with Crippen LogP contribution in [0.1, 0.15) is 5.69 Å². The summed E-state index contributed by atoms with van der Waals surface area (Å²) in [6, 6.07) is -2.57. The van der Waals surface area contributed by atoms with Gasteiger partial charge in [0.05, 0.1) is 5.69 Å². The Morgan fingerprint density at radius 2 is 1.03 bits per heavy atom. The van der Waals surface area contributed by atoms with Gasteiger partial charge in [0.1, 0.15) is 26.4 Å². The number of hydrogen-bond acceptors (Lipinski definition) is 1. The number of aromatic nitrogens is 1. The van der Waals surface area contributed by atoms with Gasteiger partial charge in [-0.15, -0.1) is 0 Å². The molecule has 0 spiro atoms. The Bertz CT molecular complexity index is 1110. The van der Waals surface area contributed by atoms with Crippen LogP contribution in [0.5, 0.6) is 0 Å². The van der Waals surface area contributed by atoms with Crippen molar-refractivity contribution in [1.29, 1.82) is 5.26 Å². The predicted molar refractivity (Wildman–Crippen MR) is 84.7 cm³/mol. The van der Waals surface area contributed by atoms with Crippen LogP contribution in [0, 0.1) is 11.3 Å². The minimum absolute atomic E-state index is 0.0622. The van der Waals surface area contributed by atoms with Gasteiger partial charge in [-0.2, -0.15) is 5.26 Å². The number of halogens is 15. The van der Waals surface area contributed by atoms with Crippen LogP contribution in [0.3, 0.4) is 0 Å². The van der Waals surface area contributed by atoms with Crippen LogP contribution in [0.25, 0.3) is 5.69 Å². The Balaban J connectivity index is 3.43. The summed E-state index contributed by atoms with van der Waals surface area (Å²) in [5, 5.41) is 8.70. The molecule has 0 fully saturated rings. The maximum Gasteiger partial charge on any atom is 0.312 e. The third-order valence-electron chi connectivity index (χ3n) is 3.39. The molecule has 0 aliphatic heterocycles. The number of rotatable bonds is 4. The Labute approximate surface area is 162 Å². The largest absolute Gasteiger partial charge is 0.312 e. The lowest BCUT2D eigenvalue weighted by Gasteiger charge is -2.48. The molecule has 0 saturated heterocycles. The molecule has 0 bridgehead atoms. The average molecular weight is 546 g/mol. The fourth-order valence-corrected chi connectivity index (χ4v) is 5.02. The second-order valence-electron chi connectivity index (χ2n) is 6.05. The van der Waals surface area contributed by atoms with Crippen molar-refractivity contribution in [3.8, 4) is 11.8 Å². The zero-order valence-corrected chi connectivity index (χ0v) is 16.1. The maximum atomic E-state index is 13.4. The van der Waals surface area contributed by atoms with Gasteiger partial charge in [-0.1, -0.05) is 58.3 Å². The molecule has 0 aliphatic carbocycles. The van der Waals surface area contributed by atoms with E-state index < -0.39 is 73.4 Å². The summed E-state index contributed by atoms with van der Waals surface area (Å²) in [6.07, 6.45) is -0.0622. The minimum Gasteiger partial charge on any atom is -0.305 e. The van der Waals surface area contributed by atoms with Crippen molar-refractivity contribution in [2.75, 3.05) is 0 Å². The van der Waals surface area contributed by atoms with E-state index in [1.54, 1.807) is 0 Å². The second kappa shape index (κ2) is 4.54. The van der Waals surface area contributed by atoms with Crippen LogP contribution < -0.4 is 0 Å². The van der Waals surface area contributed by atoms with Crippen molar-refractivity contribution in [1.82, 2.24) is 4.57 Å². The molecule has 1 aromatic heterocycles. The number of nitrogens with zero attached hydrogens (tertiary/aromatic N) is 2. The molecule has 0 amide bonds. The van der Waals surface area contributed by atoms with Gasteiger partial charge < -0.3 is 4.57 Å². The molecule has 0 saturated carbocycles. The molecule has 0 N–H and O–H groups in total. The van der Waals surface area contributed by atoms with Crippen LogP contribution in [-0.2, 0) is 0 Å². The fourth-order valence-electron chi connectivity index (χ4n) is 2.27. The molecule has 0 aliphatic rings. The molecule has 2 aromatic rings. The molecule has 2 nitrogen and oxygen atoms in total. The van der Waals surface area contributed by atoms with Gasteiger partial charge in [-0.3, -0.25) is 0 Å². The standard InChI is InChI=1S/C11H5F15N2S3/c12-29(13,14,15,16)8-4-9(30(17,18,19,20)21)11(28-3-1-2-7(28)6-27)10(5-8)31(22,23,24,25)26/h1-5H. The van der Waals surface area contributed by atoms with Crippen molar-refractivity contribution in [3.63, 3.8) is 0 Å². The molecular weight excluding hydrogens is 541 g/mol. The second-order valence-corrected chi connectivity index (χ2v) is 13.2. The predicted octanol–water partition coefficient (Wildman–Crippen LogP) is 10.3. The molecule has 20 heteroatoms. The molecule has 1 aromatic carbocycles. The lowest BCUT2D eigenvalue weighted by atomic mass is 10.3. The monoisotopic (exact) mass is 546 g/mol. The van der Waals surface area contributed by atoms with E-state index in [1.165, 1.54) is 0 Å². The van der Waals surface area contributed by atoms with Gasteiger partial charge in [0.2, 0.25) is 0 Å². The third-order valence-corrected chi connectivity index (χ3v) is 6.81. The van der Waals surface area contributed by atoms with Crippen molar-refractivity contribution in [3.05, 3.63) is 36.2 Å². The Morgan fingerprint density at radius 1 is 0.645 bits per heavy atom. The van der Waals surface area contributed by atoms with Crippen LogP contribution in [0.4, 0.5) is 58.3 Å². The van der Waals surface area contributed by atoms with Gasteiger partial charge in [-0.25, -0.2) is 0 Å². The highest BCUT2D eigenvalue weighted by atomic mass is 32.5. The lowest BCUT2D eigenvalue weighted by molar-refractivity contribution is 0.355. The summed E-state index contributed by atoms with van der Waals surface area (Å²) in [5.74, 6) is 0. The molecule has 0 radical (unpaired) electrons. The van der Waals surface area contributed by atoms with E-state index in [9.17, 15) is 58.3 Å². The molecule has 0 atom stereocenters. The molecule has 0 unspecified atom stereocenters. The molecular formula is C11H5F15N2S3. The first-order chi connectivity index (χ1) is 12.7. The zero-order chi connectivity index (χ0) is 24.9. The number of hydrogen-bond donors (Lipinski definition) is 0. The quantitative estimate of drug-likeness (QED) is 0.351. The van der Waals surface area contributed by atoms with Crippen LogP contribution in [0.2, 0.25) is 0 Å². The molecule has 2 rings (SSSR count). The zero-order valence-electron chi connectivity index (χ0n) is 13.7. The first-order valence-corrected chi connectivity index (χ1v) is 12.6. The molecule has 31 heavy (non-hydrogen) atoms. The van der Waals surface area contributed by atoms with E-state index in [2.05, 4.69) is 0 Å². The van der Waals surface area contributed by atoms with E-state index in [0.29, 0.717) is 12.1 Å². The Hall–Kier alpha value is -2.01. The van der Waals surface area contributed by atoms with Crippen LogP contribution >= 0.6 is 30.7 Å². The normalized spacial score (nSPS) is 20.3. The Morgan fingerprint density at radius 3 is 1.32 bits per heavy atom. The van der Waals surface area contributed by atoms with Crippen LogP contribution in [-0.4, -0.2) is 4.57 Å². The highest BCUT2D eigenvalue weighted by Crippen LogP contribution is 3.08. The van der Waals surface area contributed by atoms with Crippen molar-refractivity contribution < 1.29 is 58.3 Å². The summed E-state index contributed by atoms with van der Waals surface area (Å²) in [5.41, 5.74) is -4.79. The first kappa shape index (κ1) is 25.3. The van der Waals surface area contributed by atoms with E-state index in [4.69, 9.17) is 5.26 Å². The van der Waals surface area contributed by atoms with E-state index in [-0.39, 0.29) is 6.20 Å². The van der Waals surface area contributed by atoms with Gasteiger partial charge in [0.25, 0.3) is 0 Å². The Kier molecular flexibility index (Phi) is 3.70. The fraction of sp³-hybridized carbons (Fsp3) is 0. The van der Waals surface area contributed by atoms with Crippen molar-refractivity contribution in [2.24, 2.45) is 0 Å². The summed E-state index contributed by atoms with van der Waals surface area (Å²) in [7, 11) is -35.3. The van der Waals surface area contributed by atoms with Gasteiger partial charge in [0, 0.05) is 6.20 Å². The van der Waals surface area contributed by atoms with Crippen molar-refractivity contribution in [2.45, 2.75) is 14.7 Å². The van der Waals surface area contributed by atoms with E-state index in [1.807, 2.05) is 0 Å². The molecule has 1 heterocycles. The maximum absolute atomic E-state index is 13.4. The lowest BCUT2D eigenvalue weighted by Crippen LogP contribution is -2.20. The van der Waals surface area contributed by atoms with Gasteiger partial charge in [-0.05, 0) is 24.3 Å². The topological polar surface area (TPSA) is 28.7 Å². The molecule has 182 valence electrons. The number of benzene rings is 1. The summed E-state index contributed by atoms with van der Waals surface area (Å²) < 4.78 is 198. The third kappa shape index (κ3) is 5.25. The first-order valence-electron chi connectivity index (χ1n) is 6.72. The highest BCUT2D eigenvalue weighted by molar-refractivity contribution is 8.47. The average Bonchev–Trinajstić information content (AvgIpc) is 2.86. The van der Waals surface area contributed by atoms with E-state index in [0.717, 1.165) is 6.07 Å². The van der Waals surface area contributed by atoms with Crippen LogP contribution in [0.15, 0.2) is 45.1 Å². The summed E-state index contributed by atoms with van der Waals surface area (Å²) in [4.78, 5) is -12.9. The van der Waals surface area contributed by atoms with E-state index >= 15 is 0 Å². The van der Waals surface area contributed by atoms with Crippen molar-refractivity contribution >= 4 is 30.7 Å². The van der Waals surface area contributed by atoms with Gasteiger partial charge in [0.15, 0.2) is 0 Å². The SMILES string of the molecule is N#Cc1cccn1-c1c(S(F)(F)(F)(F)F)cc(S(F)(F)(F)(F)F)cc1S(F)(F)(F)(F)F. The summed E-state index contributed by atoms with van der Waals surface area (Å²) in [6.45, 7) is 0. The smallest absolute Gasteiger partial charge is 0.305 e. The van der Waals surface area contributed by atoms with Gasteiger partial charge >= 0.3 is 30.7 Å². The number of nitriles is 1. The highest BCUT2D eigenvalue weighted by Gasteiger charge is 2.75. The minimum atomic E-state index is -11.8.